The highest BCUT2D eigenvalue weighted by molar-refractivity contribution is 5.94. The Labute approximate surface area is 142 Å². The van der Waals surface area contributed by atoms with Crippen LogP contribution >= 0.6 is 0 Å². The summed E-state index contributed by atoms with van der Waals surface area (Å²) >= 11 is 0. The van der Waals surface area contributed by atoms with E-state index in [0.29, 0.717) is 11.3 Å². The zero-order chi connectivity index (χ0) is 18.2. The van der Waals surface area contributed by atoms with E-state index >= 15 is 0 Å². The molecule has 0 aliphatic carbocycles. The molecule has 0 aliphatic rings. The van der Waals surface area contributed by atoms with Gasteiger partial charge >= 0.3 is 5.97 Å². The molecule has 0 aliphatic heterocycles. The molecule has 0 bridgehead atoms. The molecular weight excluding hydrogens is 326 g/mol. The molecule has 25 heavy (non-hydrogen) atoms. The molecule has 8 nitrogen and oxygen atoms in total. The molecule has 1 amide bonds. The molecule has 0 fully saturated rings. The first kappa shape index (κ1) is 17.6. The SMILES string of the molecule is N#Cc1ccc(OC(=O)CCNC(=O)c2ccc([N+](=O)[O-])cc2)cc1. The number of esters is 1. The molecule has 8 heteroatoms. The monoisotopic (exact) mass is 339 g/mol. The Morgan fingerprint density at radius 1 is 1.12 bits per heavy atom. The van der Waals surface area contributed by atoms with Gasteiger partial charge in [-0.05, 0) is 36.4 Å². The maximum atomic E-state index is 11.9. The number of hydrogen-bond donors (Lipinski definition) is 1. The molecule has 0 saturated carbocycles. The van der Waals surface area contributed by atoms with E-state index in [1.54, 1.807) is 0 Å². The van der Waals surface area contributed by atoms with Crippen molar-refractivity contribution in [3.05, 3.63) is 69.8 Å². The summed E-state index contributed by atoms with van der Waals surface area (Å²) in [5.74, 6) is -0.666. The highest BCUT2D eigenvalue weighted by Crippen LogP contribution is 2.13. The molecule has 0 spiro atoms. The zero-order valence-electron chi connectivity index (χ0n) is 13.0. The van der Waals surface area contributed by atoms with Gasteiger partial charge in [-0.2, -0.15) is 5.26 Å². The Kier molecular flexibility index (Phi) is 5.79. The quantitative estimate of drug-likeness (QED) is 0.372. The van der Waals surface area contributed by atoms with E-state index < -0.39 is 16.8 Å². The Balaban J connectivity index is 1.79. The van der Waals surface area contributed by atoms with Crippen LogP contribution in [0.25, 0.3) is 0 Å². The number of nitro groups is 1. The smallest absolute Gasteiger partial charge is 0.312 e. The minimum atomic E-state index is -0.555. The second-order valence-corrected chi connectivity index (χ2v) is 4.92. The number of carbonyl (C=O) groups excluding carboxylic acids is 2. The van der Waals surface area contributed by atoms with Crippen LogP contribution in [0, 0.1) is 21.4 Å². The molecule has 126 valence electrons. The Morgan fingerprint density at radius 2 is 1.76 bits per heavy atom. The van der Waals surface area contributed by atoms with Crippen molar-refractivity contribution in [3.8, 4) is 11.8 Å². The van der Waals surface area contributed by atoms with E-state index in [9.17, 15) is 19.7 Å². The van der Waals surface area contributed by atoms with E-state index in [2.05, 4.69) is 5.32 Å². The molecule has 0 heterocycles. The fraction of sp³-hybridized carbons (Fsp3) is 0.118. The largest absolute Gasteiger partial charge is 0.426 e. The third-order valence-electron chi connectivity index (χ3n) is 3.17. The third kappa shape index (κ3) is 5.14. The summed E-state index contributed by atoms with van der Waals surface area (Å²) in [4.78, 5) is 33.6. The lowest BCUT2D eigenvalue weighted by atomic mass is 10.2. The molecule has 0 atom stereocenters. The number of hydrogen-bond acceptors (Lipinski definition) is 6. The lowest BCUT2D eigenvalue weighted by Crippen LogP contribution is -2.27. The fourth-order valence-corrected chi connectivity index (χ4v) is 1.89. The molecular formula is C17H13N3O5. The predicted octanol–water partition coefficient (Wildman–Crippen LogP) is 2.19. The number of nitrogens with one attached hydrogen (secondary N) is 1. The number of nitriles is 1. The van der Waals surface area contributed by atoms with E-state index in [1.165, 1.54) is 48.5 Å². The van der Waals surface area contributed by atoms with Crippen LogP contribution in [-0.4, -0.2) is 23.3 Å². The van der Waals surface area contributed by atoms with Gasteiger partial charge in [0.1, 0.15) is 5.75 Å². The van der Waals surface area contributed by atoms with E-state index in [4.69, 9.17) is 10.00 Å². The van der Waals surface area contributed by atoms with Crippen LogP contribution in [0.15, 0.2) is 48.5 Å². The van der Waals surface area contributed by atoms with Gasteiger partial charge in [0.05, 0.1) is 23.0 Å². The summed E-state index contributed by atoms with van der Waals surface area (Å²) in [6.07, 6.45) is -0.0429. The van der Waals surface area contributed by atoms with Crippen molar-refractivity contribution >= 4 is 17.6 Å². The summed E-state index contributed by atoms with van der Waals surface area (Å²) < 4.78 is 5.07. The summed E-state index contributed by atoms with van der Waals surface area (Å²) in [5, 5.41) is 21.8. The van der Waals surface area contributed by atoms with Crippen molar-refractivity contribution in [1.82, 2.24) is 5.32 Å². The van der Waals surface area contributed by atoms with E-state index in [-0.39, 0.29) is 24.2 Å². The van der Waals surface area contributed by atoms with Crippen molar-refractivity contribution in [3.63, 3.8) is 0 Å². The average molecular weight is 339 g/mol. The van der Waals surface area contributed by atoms with Crippen LogP contribution in [0.4, 0.5) is 5.69 Å². The number of carbonyl (C=O) groups is 2. The van der Waals surface area contributed by atoms with Crippen LogP contribution in [-0.2, 0) is 4.79 Å². The second-order valence-electron chi connectivity index (χ2n) is 4.92. The van der Waals surface area contributed by atoms with Crippen LogP contribution in [0.1, 0.15) is 22.3 Å². The van der Waals surface area contributed by atoms with Crippen molar-refractivity contribution in [2.24, 2.45) is 0 Å². The first-order chi connectivity index (χ1) is 12.0. The highest BCUT2D eigenvalue weighted by atomic mass is 16.6. The van der Waals surface area contributed by atoms with Gasteiger partial charge in [-0.15, -0.1) is 0 Å². The Morgan fingerprint density at radius 3 is 2.32 bits per heavy atom. The van der Waals surface area contributed by atoms with Crippen molar-refractivity contribution < 1.29 is 19.2 Å². The summed E-state index contributed by atoms with van der Waals surface area (Å²) in [6, 6.07) is 13.2. The summed E-state index contributed by atoms with van der Waals surface area (Å²) in [7, 11) is 0. The zero-order valence-corrected chi connectivity index (χ0v) is 13.0. The van der Waals surface area contributed by atoms with Crippen molar-refractivity contribution in [2.75, 3.05) is 6.54 Å². The lowest BCUT2D eigenvalue weighted by Gasteiger charge is -2.06. The second kappa shape index (κ2) is 8.21. The van der Waals surface area contributed by atoms with Crippen LogP contribution in [0.2, 0.25) is 0 Å². The molecule has 0 unspecified atom stereocenters. The number of amides is 1. The minimum absolute atomic E-state index is 0.0429. The van der Waals surface area contributed by atoms with Gasteiger partial charge in [-0.3, -0.25) is 19.7 Å². The van der Waals surface area contributed by atoms with E-state index in [0.717, 1.165) is 0 Å². The topological polar surface area (TPSA) is 122 Å². The van der Waals surface area contributed by atoms with Crippen LogP contribution < -0.4 is 10.1 Å². The number of rotatable bonds is 6. The van der Waals surface area contributed by atoms with E-state index in [1.807, 2.05) is 6.07 Å². The Bertz CT molecular complexity index is 823. The maximum absolute atomic E-state index is 11.9. The molecule has 1 N–H and O–H groups in total. The normalized spacial score (nSPS) is 9.72. The summed E-state index contributed by atoms with van der Waals surface area (Å²) in [6.45, 7) is 0.0604. The first-order valence-corrected chi connectivity index (χ1v) is 7.23. The van der Waals surface area contributed by atoms with Crippen LogP contribution in [0.3, 0.4) is 0 Å². The fourth-order valence-electron chi connectivity index (χ4n) is 1.89. The number of nitro benzene ring substituents is 1. The minimum Gasteiger partial charge on any atom is -0.426 e. The molecule has 0 aromatic heterocycles. The maximum Gasteiger partial charge on any atom is 0.312 e. The first-order valence-electron chi connectivity index (χ1n) is 7.23. The van der Waals surface area contributed by atoms with Gasteiger partial charge in [0.15, 0.2) is 0 Å². The number of nitrogens with zero attached hydrogens (tertiary/aromatic N) is 2. The average Bonchev–Trinajstić information content (AvgIpc) is 2.62. The van der Waals surface area contributed by atoms with Crippen LogP contribution in [0.5, 0.6) is 5.75 Å². The summed E-state index contributed by atoms with van der Waals surface area (Å²) in [5.41, 5.74) is 0.601. The number of benzene rings is 2. The third-order valence-corrected chi connectivity index (χ3v) is 3.17. The highest BCUT2D eigenvalue weighted by Gasteiger charge is 2.10. The standard InChI is InChI=1S/C17H13N3O5/c18-11-12-1-7-15(8-2-12)25-16(21)9-10-19-17(22)13-3-5-14(6-4-13)20(23)24/h1-8H,9-10H2,(H,19,22). The van der Waals surface area contributed by atoms with Gasteiger partial charge in [-0.25, -0.2) is 0 Å². The molecule has 2 rings (SSSR count). The Hall–Kier alpha value is -3.73. The van der Waals surface area contributed by atoms with Gasteiger partial charge < -0.3 is 10.1 Å². The lowest BCUT2D eigenvalue weighted by molar-refractivity contribution is -0.384. The predicted molar refractivity (Wildman–Crippen MR) is 86.8 cm³/mol. The van der Waals surface area contributed by atoms with Gasteiger partial charge in [-0.1, -0.05) is 0 Å². The molecule has 2 aromatic rings. The molecule has 2 aromatic carbocycles. The number of non-ortho nitro benzene ring substituents is 1. The molecule has 0 radical (unpaired) electrons. The molecule has 0 saturated heterocycles. The van der Waals surface area contributed by atoms with Crippen molar-refractivity contribution in [2.45, 2.75) is 6.42 Å². The van der Waals surface area contributed by atoms with Crippen molar-refractivity contribution in [1.29, 1.82) is 5.26 Å². The van der Waals surface area contributed by atoms with Gasteiger partial charge in [0, 0.05) is 24.2 Å². The van der Waals surface area contributed by atoms with Gasteiger partial charge in [0.25, 0.3) is 11.6 Å². The number of ether oxygens (including phenoxy) is 1. The van der Waals surface area contributed by atoms with Gasteiger partial charge in [0.2, 0.25) is 0 Å².